The summed E-state index contributed by atoms with van der Waals surface area (Å²) in [4.78, 5) is 13.3. The molecule has 0 unspecified atom stereocenters. The van der Waals surface area contributed by atoms with Crippen molar-refractivity contribution in [1.29, 1.82) is 0 Å². The number of hydrogen-bond donors (Lipinski definition) is 1. The summed E-state index contributed by atoms with van der Waals surface area (Å²) in [6.45, 7) is 2.21. The molecule has 8 heteroatoms. The van der Waals surface area contributed by atoms with Gasteiger partial charge in [-0.25, -0.2) is 18.4 Å². The molecule has 2 heterocycles. The van der Waals surface area contributed by atoms with Crippen LogP contribution in [0.5, 0.6) is 5.88 Å². The highest BCUT2D eigenvalue weighted by Gasteiger charge is 2.20. The maximum Gasteiger partial charge on any atom is 0.263 e. The second kappa shape index (κ2) is 9.09. The smallest absolute Gasteiger partial charge is 0.263 e. The van der Waals surface area contributed by atoms with E-state index in [1.165, 1.54) is 0 Å². The Balaban J connectivity index is 1.65. The van der Waals surface area contributed by atoms with Gasteiger partial charge in [-0.1, -0.05) is 43.7 Å². The largest absolute Gasteiger partial charge is 0.469 e. The number of rotatable bonds is 8. The van der Waals surface area contributed by atoms with Gasteiger partial charge in [-0.3, -0.25) is 9.71 Å². The fourth-order valence-electron chi connectivity index (χ4n) is 3.09. The molecule has 0 aliphatic heterocycles. The molecule has 7 nitrogen and oxygen atoms in total. The van der Waals surface area contributed by atoms with Crippen LogP contribution in [0.4, 0.5) is 5.82 Å². The second-order valence-corrected chi connectivity index (χ2v) is 8.66. The minimum Gasteiger partial charge on any atom is -0.469 e. The van der Waals surface area contributed by atoms with Gasteiger partial charge in [0, 0.05) is 6.20 Å². The van der Waals surface area contributed by atoms with E-state index in [2.05, 4.69) is 26.6 Å². The van der Waals surface area contributed by atoms with Crippen LogP contribution in [0.15, 0.2) is 77.8 Å². The van der Waals surface area contributed by atoms with E-state index >= 15 is 0 Å². The molecule has 158 valence electrons. The summed E-state index contributed by atoms with van der Waals surface area (Å²) in [5.74, 6) is 0.128. The molecule has 31 heavy (non-hydrogen) atoms. The van der Waals surface area contributed by atoms with Gasteiger partial charge in [-0.2, -0.15) is 0 Å². The topological polar surface area (TPSA) is 94.1 Å². The van der Waals surface area contributed by atoms with E-state index < -0.39 is 10.0 Å². The molecule has 0 bridgehead atoms. The lowest BCUT2D eigenvalue weighted by Crippen LogP contribution is -2.16. The van der Waals surface area contributed by atoms with Gasteiger partial charge in [-0.05, 0) is 48.4 Å². The van der Waals surface area contributed by atoms with E-state index in [1.54, 1.807) is 30.5 Å². The van der Waals surface area contributed by atoms with Crippen molar-refractivity contribution in [1.82, 2.24) is 15.0 Å². The van der Waals surface area contributed by atoms with E-state index in [0.717, 1.165) is 18.4 Å². The first-order valence-corrected chi connectivity index (χ1v) is 11.4. The number of fused-ring (bicyclic) bond motifs is 1. The molecule has 0 aliphatic rings. The molecule has 2 aromatic heterocycles. The SMILES string of the molecule is CCCc1ccc(S(=O)(=O)Nc2nc3ccccc3nc2OCc2ccccn2)cc1. The Labute approximate surface area is 181 Å². The quantitative estimate of drug-likeness (QED) is 0.443. The van der Waals surface area contributed by atoms with Crippen molar-refractivity contribution in [2.24, 2.45) is 0 Å². The second-order valence-electron chi connectivity index (χ2n) is 6.98. The van der Waals surface area contributed by atoms with E-state index in [1.807, 2.05) is 42.5 Å². The summed E-state index contributed by atoms with van der Waals surface area (Å²) in [5.41, 5.74) is 2.94. The molecular weight excluding hydrogens is 412 g/mol. The lowest BCUT2D eigenvalue weighted by Gasteiger charge is -2.13. The van der Waals surface area contributed by atoms with Crippen LogP contribution in [-0.2, 0) is 23.1 Å². The van der Waals surface area contributed by atoms with Gasteiger partial charge in [-0.15, -0.1) is 0 Å². The Kier molecular flexibility index (Phi) is 6.08. The van der Waals surface area contributed by atoms with Crippen molar-refractivity contribution in [2.45, 2.75) is 31.3 Å². The van der Waals surface area contributed by atoms with Gasteiger partial charge in [0.15, 0.2) is 0 Å². The minimum absolute atomic E-state index is 0.0345. The van der Waals surface area contributed by atoms with E-state index in [-0.39, 0.29) is 23.2 Å². The summed E-state index contributed by atoms with van der Waals surface area (Å²) < 4.78 is 34.3. The minimum atomic E-state index is -3.87. The fourth-order valence-corrected chi connectivity index (χ4v) is 4.09. The highest BCUT2D eigenvalue weighted by Crippen LogP contribution is 2.27. The molecule has 0 aliphatic carbocycles. The van der Waals surface area contributed by atoms with Gasteiger partial charge in [0.2, 0.25) is 5.82 Å². The van der Waals surface area contributed by atoms with Crippen LogP contribution >= 0.6 is 0 Å². The predicted molar refractivity (Wildman–Crippen MR) is 119 cm³/mol. The van der Waals surface area contributed by atoms with Crippen LogP contribution in [0, 0.1) is 0 Å². The maximum atomic E-state index is 13.0. The lowest BCUT2D eigenvalue weighted by atomic mass is 10.1. The third-order valence-corrected chi connectivity index (χ3v) is 5.98. The van der Waals surface area contributed by atoms with Crippen molar-refractivity contribution in [3.8, 4) is 5.88 Å². The average Bonchev–Trinajstić information content (AvgIpc) is 2.79. The number of aryl methyl sites for hydroxylation is 1. The molecule has 0 amide bonds. The first kappa shape index (κ1) is 20.7. The number of hydrogen-bond acceptors (Lipinski definition) is 6. The highest BCUT2D eigenvalue weighted by molar-refractivity contribution is 7.92. The Morgan fingerprint density at radius 2 is 1.61 bits per heavy atom. The van der Waals surface area contributed by atoms with Gasteiger partial charge in [0.1, 0.15) is 6.61 Å². The van der Waals surface area contributed by atoms with Gasteiger partial charge < -0.3 is 4.74 Å². The monoisotopic (exact) mass is 434 g/mol. The summed E-state index contributed by atoms with van der Waals surface area (Å²) in [5, 5.41) is 0. The van der Waals surface area contributed by atoms with Crippen molar-refractivity contribution < 1.29 is 13.2 Å². The highest BCUT2D eigenvalue weighted by atomic mass is 32.2. The van der Waals surface area contributed by atoms with Crippen LogP contribution in [0.3, 0.4) is 0 Å². The zero-order valence-corrected chi connectivity index (χ0v) is 17.8. The number of para-hydroxylation sites is 2. The first-order valence-electron chi connectivity index (χ1n) is 9.96. The van der Waals surface area contributed by atoms with Crippen molar-refractivity contribution >= 4 is 26.9 Å². The third-order valence-electron chi connectivity index (χ3n) is 4.62. The Morgan fingerprint density at radius 3 is 2.29 bits per heavy atom. The van der Waals surface area contributed by atoms with Crippen molar-refractivity contribution in [3.63, 3.8) is 0 Å². The molecule has 0 radical (unpaired) electrons. The number of nitrogens with zero attached hydrogens (tertiary/aromatic N) is 3. The molecule has 1 N–H and O–H groups in total. The Hall–Kier alpha value is -3.52. The van der Waals surface area contributed by atoms with Crippen LogP contribution in [0.25, 0.3) is 11.0 Å². The van der Waals surface area contributed by atoms with Crippen LogP contribution in [0.2, 0.25) is 0 Å². The number of benzene rings is 2. The first-order chi connectivity index (χ1) is 15.0. The number of aromatic nitrogens is 3. The molecule has 0 saturated heterocycles. The van der Waals surface area contributed by atoms with E-state index in [9.17, 15) is 8.42 Å². The van der Waals surface area contributed by atoms with Crippen LogP contribution in [-0.4, -0.2) is 23.4 Å². The van der Waals surface area contributed by atoms with E-state index in [0.29, 0.717) is 16.7 Å². The van der Waals surface area contributed by atoms with Crippen LogP contribution < -0.4 is 9.46 Å². The number of nitrogens with one attached hydrogen (secondary N) is 1. The molecule has 0 fully saturated rings. The molecule has 4 aromatic rings. The lowest BCUT2D eigenvalue weighted by molar-refractivity contribution is 0.291. The maximum absolute atomic E-state index is 13.0. The number of pyridine rings is 1. The van der Waals surface area contributed by atoms with Crippen molar-refractivity contribution in [2.75, 3.05) is 4.72 Å². The standard InChI is InChI=1S/C23H22N4O3S/c1-2-7-17-11-13-19(14-12-17)31(28,29)27-22-23(30-16-18-8-5-6-15-24-18)26-21-10-4-3-9-20(21)25-22/h3-6,8-15H,2,7,16H2,1H3,(H,25,27). The number of anilines is 1. The van der Waals surface area contributed by atoms with Crippen molar-refractivity contribution in [3.05, 3.63) is 84.2 Å². The summed E-state index contributed by atoms with van der Waals surface area (Å²) in [6.07, 6.45) is 3.56. The molecule has 2 aromatic carbocycles. The zero-order valence-electron chi connectivity index (χ0n) is 17.0. The molecule has 0 spiro atoms. The normalized spacial score (nSPS) is 11.4. The fraction of sp³-hybridized carbons (Fsp3) is 0.174. The van der Waals surface area contributed by atoms with E-state index in [4.69, 9.17) is 4.74 Å². The molecule has 0 atom stereocenters. The number of ether oxygens (including phenoxy) is 1. The molecular formula is C23H22N4O3S. The zero-order chi connectivity index (χ0) is 21.7. The average molecular weight is 435 g/mol. The van der Waals surface area contributed by atoms with Crippen LogP contribution in [0.1, 0.15) is 24.6 Å². The van der Waals surface area contributed by atoms with Gasteiger partial charge in [0.25, 0.3) is 15.9 Å². The molecule has 0 saturated carbocycles. The Bertz CT molecular complexity index is 1280. The third kappa shape index (κ3) is 4.97. The number of sulfonamides is 1. The molecule has 4 rings (SSSR count). The van der Waals surface area contributed by atoms with Gasteiger partial charge in [0.05, 0.1) is 21.6 Å². The Morgan fingerprint density at radius 1 is 0.903 bits per heavy atom. The summed E-state index contributed by atoms with van der Waals surface area (Å²) >= 11 is 0. The summed E-state index contributed by atoms with van der Waals surface area (Å²) in [6, 6.07) is 19.5. The predicted octanol–water partition coefficient (Wildman–Crippen LogP) is 4.36. The van der Waals surface area contributed by atoms with Gasteiger partial charge >= 0.3 is 0 Å². The summed E-state index contributed by atoms with van der Waals surface area (Å²) in [7, 11) is -3.87.